The minimum Gasteiger partial charge on any atom is -0.409 e. The van der Waals surface area contributed by atoms with Gasteiger partial charge in [0.15, 0.2) is 14.1 Å². The van der Waals surface area contributed by atoms with E-state index in [9.17, 15) is 4.79 Å². The molecule has 1 N–H and O–H groups in total. The largest absolute Gasteiger partial charge is 0.409 e. The van der Waals surface area contributed by atoms with E-state index in [-0.39, 0.29) is 10.9 Å². The van der Waals surface area contributed by atoms with Crippen molar-refractivity contribution in [2.45, 2.75) is 115 Å². The van der Waals surface area contributed by atoms with Gasteiger partial charge in [0, 0.05) is 19.1 Å². The Balaban J connectivity index is 1.40. The molecule has 6 rings (SSSR count). The second-order valence-electron chi connectivity index (χ2n) is 13.4. The van der Waals surface area contributed by atoms with Crippen molar-refractivity contribution >= 4 is 37.5 Å². The van der Waals surface area contributed by atoms with Crippen molar-refractivity contribution < 1.29 is 9.22 Å². The monoisotopic (exact) mass is 549 g/mol. The number of hydrogen-bond donors (Lipinski definition) is 1. The van der Waals surface area contributed by atoms with Gasteiger partial charge in [-0.2, -0.15) is 0 Å². The zero-order valence-electron chi connectivity index (χ0n) is 24.2. The van der Waals surface area contributed by atoms with Gasteiger partial charge in [-0.3, -0.25) is 9.69 Å². The van der Waals surface area contributed by atoms with Gasteiger partial charge in [-0.15, -0.1) is 0 Å². The normalized spacial score (nSPS) is 21.1. The van der Waals surface area contributed by atoms with E-state index >= 15 is 0 Å². The summed E-state index contributed by atoms with van der Waals surface area (Å²) in [5.74, 6) is 2.95. The number of fused-ring (bicyclic) bond motifs is 2. The number of amides is 1. The van der Waals surface area contributed by atoms with Gasteiger partial charge in [0.25, 0.3) is 0 Å². The van der Waals surface area contributed by atoms with Gasteiger partial charge in [0.2, 0.25) is 11.9 Å². The third-order valence-electron chi connectivity index (χ3n) is 9.50. The SMILES string of the molecule is CC(C)(C)[Si](C)(C)OCc1nc(NC2CC2)c2c(n1)N(c1cnc(N3CCCCC3)nc1)C(=O)C21CCCC1. The van der Waals surface area contributed by atoms with Crippen LogP contribution in [0.5, 0.6) is 0 Å². The van der Waals surface area contributed by atoms with Crippen molar-refractivity contribution in [2.75, 3.05) is 28.2 Å². The summed E-state index contributed by atoms with van der Waals surface area (Å²) in [5.41, 5.74) is 1.06. The third-order valence-corrected chi connectivity index (χ3v) is 14.0. The second kappa shape index (κ2) is 9.80. The van der Waals surface area contributed by atoms with Crippen LogP contribution in [0.15, 0.2) is 12.4 Å². The smallest absolute Gasteiger partial charge is 0.243 e. The minimum atomic E-state index is -2.01. The molecule has 0 aromatic carbocycles. The summed E-state index contributed by atoms with van der Waals surface area (Å²) >= 11 is 0. The highest BCUT2D eigenvalue weighted by molar-refractivity contribution is 6.74. The highest BCUT2D eigenvalue weighted by atomic mass is 28.4. The quantitative estimate of drug-likeness (QED) is 0.430. The molecule has 4 aliphatic rings. The molecule has 39 heavy (non-hydrogen) atoms. The summed E-state index contributed by atoms with van der Waals surface area (Å²) < 4.78 is 6.54. The molecule has 4 heterocycles. The molecule has 2 aromatic heterocycles. The lowest BCUT2D eigenvalue weighted by Gasteiger charge is -2.36. The molecular weight excluding hydrogens is 506 g/mol. The number of nitrogens with zero attached hydrogens (tertiary/aromatic N) is 6. The summed E-state index contributed by atoms with van der Waals surface area (Å²) in [4.78, 5) is 37.8. The number of carbonyl (C=O) groups is 1. The van der Waals surface area contributed by atoms with Crippen molar-refractivity contribution in [3.05, 3.63) is 23.8 Å². The lowest BCUT2D eigenvalue weighted by Crippen LogP contribution is -2.40. The molecule has 0 bridgehead atoms. The maximum atomic E-state index is 14.3. The molecule has 0 radical (unpaired) electrons. The molecule has 1 spiro atoms. The highest BCUT2D eigenvalue weighted by Crippen LogP contribution is 2.55. The van der Waals surface area contributed by atoms with Crippen LogP contribution >= 0.6 is 0 Å². The summed E-state index contributed by atoms with van der Waals surface area (Å²) in [6.45, 7) is 13.5. The molecule has 0 atom stereocenters. The summed E-state index contributed by atoms with van der Waals surface area (Å²) in [5, 5.41) is 3.75. The topological polar surface area (TPSA) is 96.4 Å². The van der Waals surface area contributed by atoms with Crippen LogP contribution in [0.2, 0.25) is 18.1 Å². The molecule has 2 aliphatic heterocycles. The third kappa shape index (κ3) is 4.83. The zero-order chi connectivity index (χ0) is 27.4. The standard InChI is InChI=1S/C29H43N7O2Si/c1-28(2,3)39(4,5)38-19-22-33-24(32-20-11-12-20)23-25(34-22)36(26(37)29(23)13-7-8-14-29)21-17-30-27(31-18-21)35-15-9-6-10-16-35/h17-18,20H,6-16,19H2,1-5H3,(H,32,33,34). The summed E-state index contributed by atoms with van der Waals surface area (Å²) in [6.07, 6.45) is 13.2. The molecular formula is C29H43N7O2Si. The van der Waals surface area contributed by atoms with Gasteiger partial charge < -0.3 is 14.6 Å². The van der Waals surface area contributed by atoms with Crippen molar-refractivity contribution in [3.63, 3.8) is 0 Å². The first-order chi connectivity index (χ1) is 18.6. The molecule has 2 aromatic rings. The zero-order valence-corrected chi connectivity index (χ0v) is 25.2. The first-order valence-corrected chi connectivity index (χ1v) is 17.7. The van der Waals surface area contributed by atoms with Gasteiger partial charge in [-0.05, 0) is 63.1 Å². The molecule has 0 unspecified atom stereocenters. The predicted molar refractivity (Wildman–Crippen MR) is 156 cm³/mol. The van der Waals surface area contributed by atoms with Crippen LogP contribution < -0.4 is 15.1 Å². The Labute approximate surface area is 233 Å². The van der Waals surface area contributed by atoms with Crippen LogP contribution in [0, 0.1) is 0 Å². The molecule has 1 saturated heterocycles. The fourth-order valence-electron chi connectivity index (χ4n) is 5.93. The molecule has 2 aliphatic carbocycles. The van der Waals surface area contributed by atoms with E-state index in [1.807, 2.05) is 0 Å². The molecule has 210 valence electrons. The summed E-state index contributed by atoms with van der Waals surface area (Å²) in [6, 6.07) is 0.410. The van der Waals surface area contributed by atoms with Gasteiger partial charge in [-0.25, -0.2) is 19.9 Å². The van der Waals surface area contributed by atoms with Crippen molar-refractivity contribution in [1.82, 2.24) is 19.9 Å². The van der Waals surface area contributed by atoms with E-state index in [4.69, 9.17) is 24.4 Å². The molecule has 9 nitrogen and oxygen atoms in total. The molecule has 2 saturated carbocycles. The minimum absolute atomic E-state index is 0.0833. The first-order valence-electron chi connectivity index (χ1n) is 14.8. The van der Waals surface area contributed by atoms with Gasteiger partial charge in [-0.1, -0.05) is 33.6 Å². The van der Waals surface area contributed by atoms with E-state index in [0.29, 0.717) is 30.0 Å². The molecule has 1 amide bonds. The van der Waals surface area contributed by atoms with Crippen LogP contribution in [-0.4, -0.2) is 53.3 Å². The van der Waals surface area contributed by atoms with Gasteiger partial charge in [0.05, 0.1) is 35.7 Å². The number of hydrogen-bond acceptors (Lipinski definition) is 8. The Morgan fingerprint density at radius 3 is 2.31 bits per heavy atom. The van der Waals surface area contributed by atoms with Crippen LogP contribution in [0.4, 0.5) is 23.3 Å². The average Bonchev–Trinajstić information content (AvgIpc) is 3.52. The maximum Gasteiger partial charge on any atom is 0.243 e. The number of rotatable bonds is 7. The van der Waals surface area contributed by atoms with E-state index in [1.54, 1.807) is 17.3 Å². The van der Waals surface area contributed by atoms with E-state index in [2.05, 4.69) is 44.1 Å². The average molecular weight is 550 g/mol. The first kappa shape index (κ1) is 26.6. The molecule has 3 fully saturated rings. The van der Waals surface area contributed by atoms with Crippen LogP contribution in [0.25, 0.3) is 0 Å². The van der Waals surface area contributed by atoms with Crippen LogP contribution in [0.1, 0.15) is 89.9 Å². The van der Waals surface area contributed by atoms with Crippen molar-refractivity contribution in [3.8, 4) is 0 Å². The van der Waals surface area contributed by atoms with Gasteiger partial charge >= 0.3 is 0 Å². The Kier molecular flexibility index (Phi) is 6.69. The van der Waals surface area contributed by atoms with Gasteiger partial charge in [0.1, 0.15) is 11.6 Å². The fraction of sp³-hybridized carbons (Fsp3) is 0.690. The lowest BCUT2D eigenvalue weighted by atomic mass is 9.80. The Bertz CT molecular complexity index is 1230. The van der Waals surface area contributed by atoms with Crippen molar-refractivity contribution in [1.29, 1.82) is 0 Å². The van der Waals surface area contributed by atoms with E-state index in [1.165, 1.54) is 19.3 Å². The van der Waals surface area contributed by atoms with Crippen molar-refractivity contribution in [2.24, 2.45) is 0 Å². The Hall–Kier alpha value is -2.59. The number of piperidine rings is 1. The Morgan fingerprint density at radius 2 is 1.69 bits per heavy atom. The summed E-state index contributed by atoms with van der Waals surface area (Å²) in [7, 11) is -2.01. The predicted octanol–water partition coefficient (Wildman–Crippen LogP) is 5.84. The number of anilines is 4. The van der Waals surface area contributed by atoms with Crippen LogP contribution in [-0.2, 0) is 21.2 Å². The molecule has 10 heteroatoms. The Morgan fingerprint density at radius 1 is 1.03 bits per heavy atom. The number of carbonyl (C=O) groups excluding carboxylic acids is 1. The number of aromatic nitrogens is 4. The lowest BCUT2D eigenvalue weighted by molar-refractivity contribution is -0.122. The second-order valence-corrected chi connectivity index (χ2v) is 18.2. The number of nitrogens with one attached hydrogen (secondary N) is 1. The van der Waals surface area contributed by atoms with E-state index < -0.39 is 13.7 Å². The van der Waals surface area contributed by atoms with E-state index in [0.717, 1.165) is 68.9 Å². The highest BCUT2D eigenvalue weighted by Gasteiger charge is 2.56. The van der Waals surface area contributed by atoms with Crippen LogP contribution in [0.3, 0.4) is 0 Å². The maximum absolute atomic E-state index is 14.3. The fourth-order valence-corrected chi connectivity index (χ4v) is 6.86.